The lowest BCUT2D eigenvalue weighted by atomic mass is 10.1. The minimum absolute atomic E-state index is 0.188. The zero-order valence-corrected chi connectivity index (χ0v) is 12.7. The van der Waals surface area contributed by atoms with Crippen molar-refractivity contribution in [1.82, 2.24) is 19.9 Å². The molecule has 1 amide bonds. The van der Waals surface area contributed by atoms with Crippen molar-refractivity contribution >= 4 is 22.0 Å². The second-order valence-electron chi connectivity index (χ2n) is 4.71. The number of hydrogen-bond acceptors (Lipinski definition) is 4. The molecular weight excluding hydrogens is 312 g/mol. The molecule has 1 aromatic rings. The molecule has 0 atom stereocenters. The van der Waals surface area contributed by atoms with Crippen LogP contribution < -0.4 is 0 Å². The SMILES string of the molecule is CCCCOC(=O)N1CCC(n2cc(Br)nn2)CC1. The summed E-state index contributed by atoms with van der Waals surface area (Å²) in [5.41, 5.74) is 0. The van der Waals surface area contributed by atoms with Gasteiger partial charge in [0.05, 0.1) is 18.8 Å². The minimum Gasteiger partial charge on any atom is -0.449 e. The summed E-state index contributed by atoms with van der Waals surface area (Å²) in [4.78, 5) is 13.6. The van der Waals surface area contributed by atoms with Gasteiger partial charge in [-0.3, -0.25) is 0 Å². The monoisotopic (exact) mass is 330 g/mol. The summed E-state index contributed by atoms with van der Waals surface area (Å²) in [6.07, 6.45) is 5.43. The fraction of sp³-hybridized carbons (Fsp3) is 0.750. The predicted octanol–water partition coefficient (Wildman–Crippen LogP) is 2.61. The van der Waals surface area contributed by atoms with Gasteiger partial charge in [-0.25, -0.2) is 9.48 Å². The van der Waals surface area contributed by atoms with Crippen LogP contribution in [0, 0.1) is 0 Å². The highest BCUT2D eigenvalue weighted by atomic mass is 79.9. The van der Waals surface area contributed by atoms with Crippen molar-refractivity contribution in [2.45, 2.75) is 38.6 Å². The summed E-state index contributed by atoms with van der Waals surface area (Å²) >= 11 is 3.29. The van der Waals surface area contributed by atoms with Crippen molar-refractivity contribution < 1.29 is 9.53 Å². The maximum absolute atomic E-state index is 11.8. The van der Waals surface area contributed by atoms with E-state index in [9.17, 15) is 4.79 Å². The van der Waals surface area contributed by atoms with Crippen molar-refractivity contribution in [2.75, 3.05) is 19.7 Å². The zero-order chi connectivity index (χ0) is 13.7. The molecule has 0 radical (unpaired) electrons. The highest BCUT2D eigenvalue weighted by Crippen LogP contribution is 2.22. The van der Waals surface area contributed by atoms with Gasteiger partial charge in [-0.2, -0.15) is 0 Å². The molecule has 2 rings (SSSR count). The number of hydrogen-bond donors (Lipinski definition) is 0. The fourth-order valence-corrected chi connectivity index (χ4v) is 2.42. The summed E-state index contributed by atoms with van der Waals surface area (Å²) in [5.74, 6) is 0. The summed E-state index contributed by atoms with van der Waals surface area (Å²) in [5, 5.41) is 7.98. The normalized spacial score (nSPS) is 16.6. The number of piperidine rings is 1. The zero-order valence-electron chi connectivity index (χ0n) is 11.1. The third-order valence-electron chi connectivity index (χ3n) is 3.30. The lowest BCUT2D eigenvalue weighted by Gasteiger charge is -2.31. The highest BCUT2D eigenvalue weighted by molar-refractivity contribution is 9.10. The van der Waals surface area contributed by atoms with E-state index in [2.05, 4.69) is 33.2 Å². The van der Waals surface area contributed by atoms with Crippen molar-refractivity contribution in [1.29, 1.82) is 0 Å². The van der Waals surface area contributed by atoms with Gasteiger partial charge in [0.2, 0.25) is 0 Å². The summed E-state index contributed by atoms with van der Waals surface area (Å²) in [7, 11) is 0. The molecular formula is C12H19BrN4O2. The molecule has 0 aliphatic carbocycles. The summed E-state index contributed by atoms with van der Waals surface area (Å²) in [6, 6.07) is 0.318. The Labute approximate surface area is 121 Å². The average Bonchev–Trinajstić information content (AvgIpc) is 2.86. The van der Waals surface area contributed by atoms with E-state index in [1.54, 1.807) is 4.90 Å². The standard InChI is InChI=1S/C12H19BrN4O2/c1-2-3-8-19-12(18)16-6-4-10(5-7-16)17-9-11(13)14-15-17/h9-10H,2-8H2,1H3. The van der Waals surface area contributed by atoms with Crippen molar-refractivity contribution in [2.24, 2.45) is 0 Å². The van der Waals surface area contributed by atoms with Gasteiger partial charge in [0.15, 0.2) is 0 Å². The van der Waals surface area contributed by atoms with Crippen LogP contribution in [0.15, 0.2) is 10.8 Å². The van der Waals surface area contributed by atoms with Crippen LogP contribution in [0.2, 0.25) is 0 Å². The Morgan fingerprint density at radius 3 is 2.84 bits per heavy atom. The molecule has 1 aliphatic heterocycles. The third kappa shape index (κ3) is 3.92. The van der Waals surface area contributed by atoms with E-state index in [0.29, 0.717) is 25.7 Å². The van der Waals surface area contributed by atoms with Crippen LogP contribution >= 0.6 is 15.9 Å². The van der Waals surface area contributed by atoms with E-state index < -0.39 is 0 Å². The van der Waals surface area contributed by atoms with E-state index in [4.69, 9.17) is 4.74 Å². The number of carbonyl (C=O) groups is 1. The highest BCUT2D eigenvalue weighted by Gasteiger charge is 2.25. The van der Waals surface area contributed by atoms with Crippen molar-refractivity contribution in [3.8, 4) is 0 Å². The number of amides is 1. The maximum atomic E-state index is 11.8. The van der Waals surface area contributed by atoms with E-state index in [1.807, 2.05) is 10.9 Å². The smallest absolute Gasteiger partial charge is 0.409 e. The molecule has 2 heterocycles. The Kier molecular flexibility index (Phi) is 5.18. The molecule has 0 spiro atoms. The number of likely N-dealkylation sites (tertiary alicyclic amines) is 1. The van der Waals surface area contributed by atoms with Crippen LogP contribution in [0.25, 0.3) is 0 Å². The molecule has 0 bridgehead atoms. The van der Waals surface area contributed by atoms with Gasteiger partial charge in [0.25, 0.3) is 0 Å². The average molecular weight is 331 g/mol. The lowest BCUT2D eigenvalue weighted by Crippen LogP contribution is -2.39. The number of unbranched alkanes of at least 4 members (excludes halogenated alkanes) is 1. The molecule has 19 heavy (non-hydrogen) atoms. The Balaban J connectivity index is 1.77. The lowest BCUT2D eigenvalue weighted by molar-refractivity contribution is 0.0863. The van der Waals surface area contributed by atoms with Crippen LogP contribution in [0.1, 0.15) is 38.6 Å². The van der Waals surface area contributed by atoms with Gasteiger partial charge in [-0.1, -0.05) is 18.6 Å². The molecule has 7 heteroatoms. The molecule has 106 valence electrons. The first kappa shape index (κ1) is 14.3. The minimum atomic E-state index is -0.188. The second kappa shape index (κ2) is 6.88. The summed E-state index contributed by atoms with van der Waals surface area (Å²) < 4.78 is 7.82. The van der Waals surface area contributed by atoms with Gasteiger partial charge in [0.1, 0.15) is 4.60 Å². The summed E-state index contributed by atoms with van der Waals surface area (Å²) in [6.45, 7) is 4.03. The molecule has 6 nitrogen and oxygen atoms in total. The maximum Gasteiger partial charge on any atom is 0.409 e. The van der Waals surface area contributed by atoms with Crippen LogP contribution in [-0.4, -0.2) is 45.7 Å². The Morgan fingerprint density at radius 2 is 2.26 bits per heavy atom. The van der Waals surface area contributed by atoms with Gasteiger partial charge in [-0.15, -0.1) is 5.10 Å². The molecule has 0 saturated carbocycles. The van der Waals surface area contributed by atoms with E-state index in [1.165, 1.54) is 0 Å². The van der Waals surface area contributed by atoms with Crippen molar-refractivity contribution in [3.63, 3.8) is 0 Å². The van der Waals surface area contributed by atoms with Gasteiger partial charge < -0.3 is 9.64 Å². The molecule has 0 N–H and O–H groups in total. The molecule has 1 saturated heterocycles. The van der Waals surface area contributed by atoms with Crippen LogP contribution in [0.4, 0.5) is 4.79 Å². The Morgan fingerprint density at radius 1 is 1.53 bits per heavy atom. The predicted molar refractivity (Wildman–Crippen MR) is 73.8 cm³/mol. The number of halogens is 1. The Bertz CT molecular complexity index is 416. The topological polar surface area (TPSA) is 60.2 Å². The quantitative estimate of drug-likeness (QED) is 0.796. The Hall–Kier alpha value is -1.11. The van der Waals surface area contributed by atoms with Crippen LogP contribution in [0.5, 0.6) is 0 Å². The molecule has 1 fully saturated rings. The van der Waals surface area contributed by atoms with E-state index in [-0.39, 0.29) is 6.09 Å². The molecule has 1 aromatic heterocycles. The molecule has 0 aromatic carbocycles. The first-order valence-corrected chi connectivity index (χ1v) is 7.49. The van der Waals surface area contributed by atoms with E-state index >= 15 is 0 Å². The number of carbonyl (C=O) groups excluding carboxylic acids is 1. The van der Waals surface area contributed by atoms with Gasteiger partial charge in [-0.05, 0) is 35.2 Å². The number of nitrogens with zero attached hydrogens (tertiary/aromatic N) is 4. The van der Waals surface area contributed by atoms with Gasteiger partial charge in [0, 0.05) is 13.1 Å². The first-order valence-electron chi connectivity index (χ1n) is 6.69. The second-order valence-corrected chi connectivity index (χ2v) is 5.52. The van der Waals surface area contributed by atoms with Gasteiger partial charge >= 0.3 is 6.09 Å². The molecule has 1 aliphatic rings. The largest absolute Gasteiger partial charge is 0.449 e. The third-order valence-corrected chi connectivity index (χ3v) is 3.67. The fourth-order valence-electron chi connectivity index (χ4n) is 2.14. The molecule has 0 unspecified atom stereocenters. The first-order chi connectivity index (χ1) is 9.20. The number of aromatic nitrogens is 3. The van der Waals surface area contributed by atoms with Crippen LogP contribution in [0.3, 0.4) is 0 Å². The van der Waals surface area contributed by atoms with Crippen molar-refractivity contribution in [3.05, 3.63) is 10.8 Å². The van der Waals surface area contributed by atoms with E-state index in [0.717, 1.165) is 30.3 Å². The number of ether oxygens (including phenoxy) is 1. The van der Waals surface area contributed by atoms with Crippen LogP contribution in [-0.2, 0) is 4.74 Å². The number of rotatable bonds is 4.